The van der Waals surface area contributed by atoms with Crippen LogP contribution >= 0.6 is 0 Å². The Labute approximate surface area is 207 Å². The molecule has 3 saturated carbocycles. The molecule has 0 saturated heterocycles. The van der Waals surface area contributed by atoms with E-state index in [1.165, 1.54) is 0 Å². The lowest BCUT2D eigenvalue weighted by Gasteiger charge is -2.36. The van der Waals surface area contributed by atoms with Crippen molar-refractivity contribution < 1.29 is 23.9 Å². The molecule has 0 aliphatic heterocycles. The molecule has 5 heteroatoms. The largest absolute Gasteiger partial charge is 0.454 e. The lowest BCUT2D eigenvalue weighted by Crippen LogP contribution is -2.46. The van der Waals surface area contributed by atoms with Crippen molar-refractivity contribution in [1.82, 2.24) is 0 Å². The summed E-state index contributed by atoms with van der Waals surface area (Å²) in [4.78, 5) is 39.5. The number of Topliss-reactive ketones (excluding diaryl/α,β-unsaturated/α-hetero) is 1. The van der Waals surface area contributed by atoms with Crippen molar-refractivity contribution in [3.8, 4) is 0 Å². The number of aryl methyl sites for hydroxylation is 6. The van der Waals surface area contributed by atoms with Crippen LogP contribution in [-0.2, 0) is 14.3 Å². The predicted octanol–water partition coefficient (Wildman–Crippen LogP) is 5.53. The molecule has 5 rings (SSSR count). The normalized spacial score (nSPS) is 28.8. The smallest absolute Gasteiger partial charge is 0.339 e. The number of ether oxygens (including phenoxy) is 2. The summed E-state index contributed by atoms with van der Waals surface area (Å²) in [5.41, 5.74) is 6.81. The van der Waals surface area contributed by atoms with Gasteiger partial charge in [-0.3, -0.25) is 4.79 Å². The van der Waals surface area contributed by atoms with E-state index in [4.69, 9.17) is 9.47 Å². The van der Waals surface area contributed by atoms with Gasteiger partial charge in [0, 0.05) is 24.2 Å². The van der Waals surface area contributed by atoms with E-state index in [9.17, 15) is 14.4 Å². The number of rotatable bonds is 4. The molecule has 5 nitrogen and oxygen atoms in total. The van der Waals surface area contributed by atoms with Crippen LogP contribution in [0.4, 0.5) is 0 Å². The number of esters is 2. The van der Waals surface area contributed by atoms with Crippen LogP contribution in [0, 0.1) is 65.2 Å². The third-order valence-corrected chi connectivity index (χ3v) is 8.53. The van der Waals surface area contributed by atoms with Crippen molar-refractivity contribution >= 4 is 17.7 Å². The number of fused-ring (bicyclic) bond motifs is 5. The molecule has 3 aliphatic carbocycles. The fraction of sp³-hybridized carbons (Fsp3) is 0.500. The average Bonchev–Trinajstić information content (AvgIpc) is 3.39. The number of carbonyl (C=O) groups excluding carboxylic acids is 3. The average molecular weight is 475 g/mol. The number of hydrogen-bond acceptors (Lipinski definition) is 5. The Morgan fingerprint density at radius 1 is 0.686 bits per heavy atom. The summed E-state index contributed by atoms with van der Waals surface area (Å²) in [6, 6.07) is 7.91. The Morgan fingerprint density at radius 3 is 1.57 bits per heavy atom. The van der Waals surface area contributed by atoms with Gasteiger partial charge in [0.1, 0.15) is 18.0 Å². The van der Waals surface area contributed by atoms with Crippen LogP contribution in [0.1, 0.15) is 73.4 Å². The summed E-state index contributed by atoms with van der Waals surface area (Å²) >= 11 is 0. The van der Waals surface area contributed by atoms with E-state index in [1.807, 2.05) is 65.8 Å². The summed E-state index contributed by atoms with van der Waals surface area (Å²) in [5.74, 6) is -0.427. The second-order valence-electron chi connectivity index (χ2n) is 11.0. The molecule has 6 atom stereocenters. The molecule has 0 spiro atoms. The zero-order valence-electron chi connectivity index (χ0n) is 21.4. The molecule has 2 bridgehead atoms. The van der Waals surface area contributed by atoms with E-state index in [2.05, 4.69) is 0 Å². The molecule has 0 radical (unpaired) electrons. The van der Waals surface area contributed by atoms with Gasteiger partial charge in [0.15, 0.2) is 0 Å². The molecular weight excluding hydrogens is 440 g/mol. The SMILES string of the molecule is Cc1cc(C)c(C(=O)OC2C3CC(C2OC(=O)c2c(C)cc(C)cc2C)C2C(=O)CCC32)c(C)c1. The Hall–Kier alpha value is -2.95. The van der Waals surface area contributed by atoms with Crippen molar-refractivity contribution in [2.75, 3.05) is 0 Å². The minimum Gasteiger partial charge on any atom is -0.454 e. The van der Waals surface area contributed by atoms with E-state index in [0.29, 0.717) is 17.5 Å². The molecule has 0 N–H and O–H groups in total. The molecule has 184 valence electrons. The van der Waals surface area contributed by atoms with E-state index in [1.54, 1.807) is 0 Å². The molecule has 2 aromatic rings. The highest BCUT2D eigenvalue weighted by molar-refractivity contribution is 5.94. The molecule has 6 unspecified atom stereocenters. The molecule has 0 heterocycles. The van der Waals surface area contributed by atoms with Gasteiger partial charge in [0.05, 0.1) is 11.1 Å². The number of hydrogen-bond donors (Lipinski definition) is 0. The van der Waals surface area contributed by atoms with Crippen LogP contribution in [0.3, 0.4) is 0 Å². The van der Waals surface area contributed by atoms with Crippen LogP contribution in [0.5, 0.6) is 0 Å². The minimum absolute atomic E-state index is 0.0458. The van der Waals surface area contributed by atoms with Crippen molar-refractivity contribution in [3.05, 3.63) is 68.8 Å². The molecule has 2 aromatic carbocycles. The van der Waals surface area contributed by atoms with Gasteiger partial charge in [-0.15, -0.1) is 0 Å². The van der Waals surface area contributed by atoms with Crippen molar-refractivity contribution in [1.29, 1.82) is 0 Å². The summed E-state index contributed by atoms with van der Waals surface area (Å²) in [6.07, 6.45) is 1.02. The first-order valence-corrected chi connectivity index (χ1v) is 12.7. The fourth-order valence-electron chi connectivity index (χ4n) is 7.45. The zero-order chi connectivity index (χ0) is 25.2. The first kappa shape index (κ1) is 23.8. The lowest BCUT2D eigenvalue weighted by atomic mass is 9.78. The molecule has 35 heavy (non-hydrogen) atoms. The van der Waals surface area contributed by atoms with Crippen molar-refractivity contribution in [2.24, 2.45) is 23.7 Å². The summed E-state index contributed by atoms with van der Waals surface area (Å²) in [7, 11) is 0. The topological polar surface area (TPSA) is 69.7 Å². The van der Waals surface area contributed by atoms with Gasteiger partial charge < -0.3 is 9.47 Å². The maximum absolute atomic E-state index is 13.4. The summed E-state index contributed by atoms with van der Waals surface area (Å²) < 4.78 is 12.3. The quantitative estimate of drug-likeness (QED) is 0.545. The van der Waals surface area contributed by atoms with Crippen molar-refractivity contribution in [3.63, 3.8) is 0 Å². The van der Waals surface area contributed by atoms with Gasteiger partial charge in [-0.1, -0.05) is 35.4 Å². The van der Waals surface area contributed by atoms with Crippen molar-refractivity contribution in [2.45, 2.75) is 73.0 Å². The van der Waals surface area contributed by atoms with Gasteiger partial charge in [0.25, 0.3) is 0 Å². The number of carbonyl (C=O) groups is 3. The van der Waals surface area contributed by atoms with Gasteiger partial charge in [-0.05, 0) is 82.6 Å². The molecule has 0 amide bonds. The minimum atomic E-state index is -0.606. The maximum Gasteiger partial charge on any atom is 0.339 e. The fourth-order valence-corrected chi connectivity index (χ4v) is 7.45. The molecular formula is C30H34O5. The Morgan fingerprint density at radius 2 is 1.11 bits per heavy atom. The van der Waals surface area contributed by atoms with Crippen LogP contribution in [0.15, 0.2) is 24.3 Å². The first-order chi connectivity index (χ1) is 16.6. The zero-order valence-corrected chi connectivity index (χ0v) is 21.4. The third kappa shape index (κ3) is 3.89. The Balaban J connectivity index is 1.46. The van der Waals surface area contributed by atoms with Crippen LogP contribution in [-0.4, -0.2) is 29.9 Å². The standard InChI is InChI=1S/C30H34O5/c1-14-9-16(3)24(17(4)10-14)29(32)34-27-21-13-22(26-20(21)7-8-23(26)31)28(27)35-30(33)25-18(5)11-15(2)12-19(25)6/h9-12,20-22,26-28H,7-8,13H2,1-6H3. The summed E-state index contributed by atoms with van der Waals surface area (Å²) in [6.45, 7) is 11.7. The number of benzene rings is 2. The van der Waals surface area contributed by atoms with E-state index < -0.39 is 18.2 Å². The van der Waals surface area contributed by atoms with Gasteiger partial charge >= 0.3 is 11.9 Å². The summed E-state index contributed by atoms with van der Waals surface area (Å²) in [5, 5.41) is 0. The molecule has 3 aliphatic rings. The second-order valence-corrected chi connectivity index (χ2v) is 11.0. The van der Waals surface area contributed by atoms with Gasteiger partial charge in [0.2, 0.25) is 0 Å². The van der Waals surface area contributed by atoms with Crippen LogP contribution in [0.2, 0.25) is 0 Å². The van der Waals surface area contributed by atoms with E-state index in [0.717, 1.165) is 46.2 Å². The van der Waals surface area contributed by atoms with Crippen LogP contribution < -0.4 is 0 Å². The van der Waals surface area contributed by atoms with Gasteiger partial charge in [-0.2, -0.15) is 0 Å². The molecule has 3 fully saturated rings. The number of ketones is 1. The van der Waals surface area contributed by atoms with Gasteiger partial charge in [-0.25, -0.2) is 9.59 Å². The maximum atomic E-state index is 13.4. The first-order valence-electron chi connectivity index (χ1n) is 12.7. The highest BCUT2D eigenvalue weighted by atomic mass is 16.6. The monoisotopic (exact) mass is 474 g/mol. The molecule has 0 aromatic heterocycles. The van der Waals surface area contributed by atoms with E-state index >= 15 is 0 Å². The Kier molecular flexibility index (Phi) is 5.85. The Bertz CT molecular complexity index is 1200. The van der Waals surface area contributed by atoms with Crippen LogP contribution in [0.25, 0.3) is 0 Å². The highest BCUT2D eigenvalue weighted by Gasteiger charge is 2.64. The van der Waals surface area contributed by atoms with E-state index in [-0.39, 0.29) is 35.4 Å². The predicted molar refractivity (Wildman–Crippen MR) is 133 cm³/mol. The second kappa shape index (κ2) is 8.61. The lowest BCUT2D eigenvalue weighted by molar-refractivity contribution is -0.127. The third-order valence-electron chi connectivity index (χ3n) is 8.53. The highest BCUT2D eigenvalue weighted by Crippen LogP contribution is 2.59.